The van der Waals surface area contributed by atoms with E-state index in [1.165, 1.54) is 10.9 Å². The Labute approximate surface area is 87.6 Å². The van der Waals surface area contributed by atoms with Gasteiger partial charge in [0.1, 0.15) is 6.33 Å². The van der Waals surface area contributed by atoms with Gasteiger partial charge in [0.25, 0.3) is 0 Å². The highest BCUT2D eigenvalue weighted by Gasteiger charge is 2.05. The molecule has 0 radical (unpaired) electrons. The number of pyridine rings is 1. The lowest BCUT2D eigenvalue weighted by atomic mass is 10.2. The van der Waals surface area contributed by atoms with E-state index in [1.807, 2.05) is 19.1 Å². The molecule has 0 atom stereocenters. The number of carbonyl (C=O) groups is 1. The van der Waals surface area contributed by atoms with Gasteiger partial charge in [-0.25, -0.2) is 4.98 Å². The maximum atomic E-state index is 11.4. The van der Waals surface area contributed by atoms with E-state index in [-0.39, 0.29) is 5.91 Å². The zero-order chi connectivity index (χ0) is 10.7. The SMILES string of the molecule is CCC(=O)n1cnc(-c2cccnc2)c1. The van der Waals surface area contributed by atoms with Crippen LogP contribution in [0.2, 0.25) is 0 Å². The molecule has 0 unspecified atom stereocenters. The summed E-state index contributed by atoms with van der Waals surface area (Å²) in [5, 5.41) is 0. The van der Waals surface area contributed by atoms with E-state index in [1.54, 1.807) is 18.6 Å². The van der Waals surface area contributed by atoms with Crippen molar-refractivity contribution in [3.63, 3.8) is 0 Å². The van der Waals surface area contributed by atoms with Crippen molar-refractivity contribution in [2.75, 3.05) is 0 Å². The molecule has 2 aromatic rings. The van der Waals surface area contributed by atoms with Crippen LogP contribution < -0.4 is 0 Å². The summed E-state index contributed by atoms with van der Waals surface area (Å²) in [6.45, 7) is 1.83. The minimum Gasteiger partial charge on any atom is -0.276 e. The standard InChI is InChI=1S/C11H11N3O/c1-2-11(15)14-7-10(13-8-14)9-4-3-5-12-6-9/h3-8H,2H2,1H3. The molecule has 0 saturated carbocycles. The van der Waals surface area contributed by atoms with Gasteiger partial charge in [-0.05, 0) is 12.1 Å². The lowest BCUT2D eigenvalue weighted by molar-refractivity contribution is 0.0908. The average Bonchev–Trinajstić information content (AvgIpc) is 2.78. The topological polar surface area (TPSA) is 47.8 Å². The van der Waals surface area contributed by atoms with Crippen molar-refractivity contribution in [3.05, 3.63) is 37.1 Å². The molecule has 0 amide bonds. The van der Waals surface area contributed by atoms with Gasteiger partial charge in [0.2, 0.25) is 5.91 Å². The van der Waals surface area contributed by atoms with Crippen molar-refractivity contribution in [2.24, 2.45) is 0 Å². The van der Waals surface area contributed by atoms with Gasteiger partial charge in [0.05, 0.1) is 5.69 Å². The Balaban J connectivity index is 2.32. The summed E-state index contributed by atoms with van der Waals surface area (Å²) in [6.07, 6.45) is 7.17. The summed E-state index contributed by atoms with van der Waals surface area (Å²) >= 11 is 0. The predicted molar refractivity (Wildman–Crippen MR) is 56.4 cm³/mol. The number of carbonyl (C=O) groups excluding carboxylic acids is 1. The molecule has 0 fully saturated rings. The fourth-order valence-corrected chi connectivity index (χ4v) is 1.31. The smallest absolute Gasteiger partial charge is 0.231 e. The molecule has 4 heteroatoms. The van der Waals surface area contributed by atoms with Crippen LogP contribution in [0.5, 0.6) is 0 Å². The fourth-order valence-electron chi connectivity index (χ4n) is 1.31. The second-order valence-electron chi connectivity index (χ2n) is 3.16. The first kappa shape index (κ1) is 9.58. The van der Waals surface area contributed by atoms with Crippen molar-refractivity contribution in [1.29, 1.82) is 0 Å². The lowest BCUT2D eigenvalue weighted by Crippen LogP contribution is -2.05. The summed E-state index contributed by atoms with van der Waals surface area (Å²) in [7, 11) is 0. The molecule has 2 rings (SSSR count). The first-order valence-corrected chi connectivity index (χ1v) is 4.79. The van der Waals surface area contributed by atoms with E-state index in [9.17, 15) is 4.79 Å². The van der Waals surface area contributed by atoms with Gasteiger partial charge in [0.15, 0.2) is 0 Å². The summed E-state index contributed by atoms with van der Waals surface area (Å²) in [5.41, 5.74) is 1.69. The fraction of sp³-hybridized carbons (Fsp3) is 0.182. The molecule has 0 aliphatic heterocycles. The highest BCUT2D eigenvalue weighted by Crippen LogP contribution is 2.14. The van der Waals surface area contributed by atoms with Gasteiger partial charge >= 0.3 is 0 Å². The molecule has 2 heterocycles. The monoisotopic (exact) mass is 201 g/mol. The minimum atomic E-state index is 0.0395. The van der Waals surface area contributed by atoms with E-state index in [0.29, 0.717) is 6.42 Å². The van der Waals surface area contributed by atoms with Crippen LogP contribution in [0.25, 0.3) is 11.3 Å². The molecular weight excluding hydrogens is 190 g/mol. The number of aromatic nitrogens is 3. The third-order valence-corrected chi connectivity index (χ3v) is 2.13. The molecule has 0 aliphatic carbocycles. The second kappa shape index (κ2) is 4.04. The largest absolute Gasteiger partial charge is 0.276 e. The number of hydrogen-bond acceptors (Lipinski definition) is 3. The lowest BCUT2D eigenvalue weighted by Gasteiger charge is -1.95. The summed E-state index contributed by atoms with van der Waals surface area (Å²) < 4.78 is 1.50. The quantitative estimate of drug-likeness (QED) is 0.746. The van der Waals surface area contributed by atoms with Gasteiger partial charge in [0, 0.05) is 30.6 Å². The van der Waals surface area contributed by atoms with Crippen LogP contribution in [0.4, 0.5) is 0 Å². The third kappa shape index (κ3) is 1.93. The van der Waals surface area contributed by atoms with Crippen molar-refractivity contribution in [1.82, 2.24) is 14.5 Å². The number of hydrogen-bond donors (Lipinski definition) is 0. The van der Waals surface area contributed by atoms with Crippen LogP contribution in [-0.2, 0) is 0 Å². The van der Waals surface area contributed by atoms with Crippen LogP contribution in [0.15, 0.2) is 37.1 Å². The minimum absolute atomic E-state index is 0.0395. The van der Waals surface area contributed by atoms with Gasteiger partial charge in [-0.3, -0.25) is 14.3 Å². The van der Waals surface area contributed by atoms with E-state index in [4.69, 9.17) is 0 Å². The third-order valence-electron chi connectivity index (χ3n) is 2.13. The first-order valence-electron chi connectivity index (χ1n) is 4.79. The van der Waals surface area contributed by atoms with Gasteiger partial charge in [-0.15, -0.1) is 0 Å². The van der Waals surface area contributed by atoms with Crippen LogP contribution in [-0.4, -0.2) is 20.4 Å². The van der Waals surface area contributed by atoms with E-state index in [0.717, 1.165) is 11.3 Å². The highest BCUT2D eigenvalue weighted by atomic mass is 16.2. The van der Waals surface area contributed by atoms with Crippen LogP contribution in [0.3, 0.4) is 0 Å². The zero-order valence-corrected chi connectivity index (χ0v) is 8.42. The van der Waals surface area contributed by atoms with Crippen molar-refractivity contribution in [3.8, 4) is 11.3 Å². The molecule has 15 heavy (non-hydrogen) atoms. The molecule has 0 N–H and O–H groups in total. The predicted octanol–water partition coefficient (Wildman–Crippen LogP) is 2.00. The van der Waals surface area contributed by atoms with Crippen LogP contribution in [0.1, 0.15) is 18.1 Å². The molecule has 0 spiro atoms. The number of nitrogens with zero attached hydrogens (tertiary/aromatic N) is 3. The summed E-state index contributed by atoms with van der Waals surface area (Å²) in [5.74, 6) is 0.0395. The Morgan fingerprint density at radius 1 is 1.53 bits per heavy atom. The molecule has 0 bridgehead atoms. The molecule has 4 nitrogen and oxygen atoms in total. The molecule has 0 saturated heterocycles. The Morgan fingerprint density at radius 2 is 2.40 bits per heavy atom. The first-order chi connectivity index (χ1) is 7.31. The Morgan fingerprint density at radius 3 is 3.07 bits per heavy atom. The van der Waals surface area contributed by atoms with Crippen molar-refractivity contribution >= 4 is 5.91 Å². The van der Waals surface area contributed by atoms with E-state index >= 15 is 0 Å². The number of imidazole rings is 1. The molecule has 76 valence electrons. The van der Waals surface area contributed by atoms with E-state index in [2.05, 4.69) is 9.97 Å². The Bertz CT molecular complexity index is 462. The normalized spacial score (nSPS) is 10.2. The summed E-state index contributed by atoms with van der Waals surface area (Å²) in [6, 6.07) is 3.76. The van der Waals surface area contributed by atoms with E-state index < -0.39 is 0 Å². The van der Waals surface area contributed by atoms with Gasteiger partial charge < -0.3 is 0 Å². The Hall–Kier alpha value is -1.97. The maximum Gasteiger partial charge on any atom is 0.231 e. The number of rotatable bonds is 2. The van der Waals surface area contributed by atoms with Crippen molar-refractivity contribution < 1.29 is 4.79 Å². The Kier molecular flexibility index (Phi) is 2.58. The maximum absolute atomic E-state index is 11.4. The average molecular weight is 201 g/mol. The summed E-state index contributed by atoms with van der Waals surface area (Å²) in [4.78, 5) is 19.5. The second-order valence-corrected chi connectivity index (χ2v) is 3.16. The van der Waals surface area contributed by atoms with Crippen LogP contribution >= 0.6 is 0 Å². The zero-order valence-electron chi connectivity index (χ0n) is 8.42. The highest BCUT2D eigenvalue weighted by molar-refractivity contribution is 5.79. The van der Waals surface area contributed by atoms with Crippen molar-refractivity contribution in [2.45, 2.75) is 13.3 Å². The molecule has 2 aromatic heterocycles. The van der Waals surface area contributed by atoms with Crippen LogP contribution in [0, 0.1) is 0 Å². The molecular formula is C11H11N3O. The molecule has 0 aromatic carbocycles. The van der Waals surface area contributed by atoms with Gasteiger partial charge in [-0.2, -0.15) is 0 Å². The molecule has 0 aliphatic rings. The van der Waals surface area contributed by atoms with Gasteiger partial charge in [-0.1, -0.05) is 6.92 Å².